The SMILES string of the molecule is O=C(O)C(=O)Nc1sc2c(c1C(=O)O)CC[NH+](Cc1cccnc1)C2. The van der Waals surface area contributed by atoms with E-state index in [2.05, 4.69) is 10.3 Å². The van der Waals surface area contributed by atoms with E-state index >= 15 is 0 Å². The molecule has 130 valence electrons. The predicted octanol–water partition coefficient (Wildman–Crippen LogP) is 0.00560. The van der Waals surface area contributed by atoms with Gasteiger partial charge in [-0.2, -0.15) is 0 Å². The molecule has 0 bridgehead atoms. The van der Waals surface area contributed by atoms with Crippen LogP contribution >= 0.6 is 11.3 Å². The molecular weight excluding hydrogens is 346 g/mol. The Kier molecular flexibility index (Phi) is 4.77. The number of aliphatic carboxylic acids is 1. The highest BCUT2D eigenvalue weighted by Crippen LogP contribution is 2.34. The Morgan fingerprint density at radius 2 is 2.12 bits per heavy atom. The molecule has 1 aliphatic heterocycles. The summed E-state index contributed by atoms with van der Waals surface area (Å²) in [5.41, 5.74) is 1.79. The number of carboxylic acids is 2. The van der Waals surface area contributed by atoms with Crippen molar-refractivity contribution in [3.8, 4) is 0 Å². The summed E-state index contributed by atoms with van der Waals surface area (Å²) in [4.78, 5) is 39.9. The number of carbonyl (C=O) groups is 3. The van der Waals surface area contributed by atoms with Gasteiger partial charge in [-0.3, -0.25) is 9.78 Å². The summed E-state index contributed by atoms with van der Waals surface area (Å²) in [5.74, 6) is -4.04. The second-order valence-corrected chi connectivity index (χ2v) is 6.84. The standard InChI is InChI=1S/C16H15N3O5S/c20-13(16(23)24)18-14-12(15(21)22)10-3-5-19(8-11(10)25-14)7-9-2-1-4-17-6-9/h1-2,4,6H,3,5,7-8H2,(H,18,20)(H,21,22)(H,23,24)/p+1. The van der Waals surface area contributed by atoms with Crippen LogP contribution in [0.15, 0.2) is 24.5 Å². The summed E-state index contributed by atoms with van der Waals surface area (Å²) < 4.78 is 0. The number of quaternary nitrogens is 1. The molecule has 3 rings (SSSR count). The van der Waals surface area contributed by atoms with Gasteiger partial charge in [-0.25, -0.2) is 9.59 Å². The van der Waals surface area contributed by atoms with Gasteiger partial charge in [-0.1, -0.05) is 6.07 Å². The van der Waals surface area contributed by atoms with Gasteiger partial charge in [0.2, 0.25) is 0 Å². The van der Waals surface area contributed by atoms with Crippen molar-refractivity contribution in [2.45, 2.75) is 19.5 Å². The molecule has 0 spiro atoms. The third kappa shape index (κ3) is 3.67. The van der Waals surface area contributed by atoms with Crippen molar-refractivity contribution in [3.05, 3.63) is 46.1 Å². The molecule has 0 fully saturated rings. The number of aromatic carboxylic acids is 1. The Bertz CT molecular complexity index is 834. The maximum atomic E-state index is 11.6. The van der Waals surface area contributed by atoms with E-state index in [0.29, 0.717) is 18.5 Å². The number of fused-ring (bicyclic) bond motifs is 1. The number of hydrogen-bond acceptors (Lipinski definition) is 5. The maximum absolute atomic E-state index is 11.6. The molecule has 25 heavy (non-hydrogen) atoms. The lowest BCUT2D eigenvalue weighted by molar-refractivity contribution is -0.929. The van der Waals surface area contributed by atoms with Gasteiger partial charge >= 0.3 is 17.8 Å². The van der Waals surface area contributed by atoms with E-state index in [1.165, 1.54) is 4.90 Å². The Labute approximate surface area is 146 Å². The molecule has 4 N–H and O–H groups in total. The average Bonchev–Trinajstić information content (AvgIpc) is 2.92. The largest absolute Gasteiger partial charge is 0.478 e. The smallest absolute Gasteiger partial charge is 0.394 e. The molecule has 0 aliphatic carbocycles. The molecule has 8 nitrogen and oxygen atoms in total. The Morgan fingerprint density at radius 1 is 1.32 bits per heavy atom. The van der Waals surface area contributed by atoms with E-state index in [-0.39, 0.29) is 10.6 Å². The fraction of sp³-hybridized carbons (Fsp3) is 0.250. The van der Waals surface area contributed by atoms with Crippen LogP contribution in [0.25, 0.3) is 0 Å². The zero-order valence-corrected chi connectivity index (χ0v) is 13.9. The molecule has 1 amide bonds. The molecule has 0 aromatic carbocycles. The van der Waals surface area contributed by atoms with Crippen molar-refractivity contribution >= 4 is 34.2 Å². The Balaban J connectivity index is 1.83. The minimum absolute atomic E-state index is 0.00928. The highest BCUT2D eigenvalue weighted by Gasteiger charge is 2.31. The summed E-state index contributed by atoms with van der Waals surface area (Å²) in [6, 6.07) is 3.86. The van der Waals surface area contributed by atoms with Crippen molar-refractivity contribution in [3.63, 3.8) is 0 Å². The van der Waals surface area contributed by atoms with Gasteiger partial charge in [0.15, 0.2) is 0 Å². The fourth-order valence-corrected chi connectivity index (χ4v) is 4.26. The quantitative estimate of drug-likeness (QED) is 0.569. The number of carbonyl (C=O) groups excluding carboxylic acids is 1. The van der Waals surface area contributed by atoms with Gasteiger partial charge in [-0.15, -0.1) is 11.3 Å². The highest BCUT2D eigenvalue weighted by molar-refractivity contribution is 7.17. The Hall–Kier alpha value is -2.78. The van der Waals surface area contributed by atoms with Crippen LogP contribution in [0.4, 0.5) is 5.00 Å². The first kappa shape index (κ1) is 17.1. The van der Waals surface area contributed by atoms with E-state index in [9.17, 15) is 19.5 Å². The van der Waals surface area contributed by atoms with Crippen molar-refractivity contribution in [2.24, 2.45) is 0 Å². The number of pyridine rings is 1. The molecular formula is C16H16N3O5S+. The molecule has 9 heteroatoms. The van der Waals surface area contributed by atoms with Gasteiger partial charge in [0.1, 0.15) is 18.1 Å². The minimum atomic E-state index is -1.65. The number of rotatable bonds is 4. The highest BCUT2D eigenvalue weighted by atomic mass is 32.1. The molecule has 2 aromatic heterocycles. The van der Waals surface area contributed by atoms with Crippen molar-refractivity contribution in [1.82, 2.24) is 4.98 Å². The van der Waals surface area contributed by atoms with E-state index in [1.807, 2.05) is 12.1 Å². The second-order valence-electron chi connectivity index (χ2n) is 5.74. The average molecular weight is 362 g/mol. The first-order chi connectivity index (χ1) is 12.0. The molecule has 2 aromatic rings. The number of amides is 1. The molecule has 1 aliphatic rings. The van der Waals surface area contributed by atoms with Crippen LogP contribution in [0.3, 0.4) is 0 Å². The van der Waals surface area contributed by atoms with Crippen LogP contribution in [0, 0.1) is 0 Å². The minimum Gasteiger partial charge on any atom is -0.478 e. The lowest BCUT2D eigenvalue weighted by Gasteiger charge is -2.24. The molecule has 0 radical (unpaired) electrons. The van der Waals surface area contributed by atoms with Crippen LogP contribution < -0.4 is 10.2 Å². The van der Waals surface area contributed by atoms with Crippen LogP contribution in [-0.4, -0.2) is 39.6 Å². The molecule has 1 atom stereocenters. The Morgan fingerprint density at radius 3 is 2.76 bits per heavy atom. The molecule has 3 heterocycles. The summed E-state index contributed by atoms with van der Waals surface area (Å²) in [6.07, 6.45) is 4.08. The zero-order chi connectivity index (χ0) is 18.0. The van der Waals surface area contributed by atoms with Gasteiger partial charge in [0.25, 0.3) is 0 Å². The van der Waals surface area contributed by atoms with E-state index in [4.69, 9.17) is 5.11 Å². The van der Waals surface area contributed by atoms with Crippen molar-refractivity contribution in [2.75, 3.05) is 11.9 Å². The summed E-state index contributed by atoms with van der Waals surface area (Å²) in [7, 11) is 0. The predicted molar refractivity (Wildman–Crippen MR) is 88.7 cm³/mol. The number of anilines is 1. The number of thiophene rings is 1. The van der Waals surface area contributed by atoms with Crippen molar-refractivity contribution < 1.29 is 29.5 Å². The summed E-state index contributed by atoms with van der Waals surface area (Å²) in [6.45, 7) is 2.15. The van der Waals surface area contributed by atoms with E-state index in [1.54, 1.807) is 12.4 Å². The number of nitrogens with one attached hydrogen (secondary N) is 2. The summed E-state index contributed by atoms with van der Waals surface area (Å²) in [5, 5.41) is 20.5. The molecule has 0 saturated heterocycles. The third-order valence-electron chi connectivity index (χ3n) is 4.04. The van der Waals surface area contributed by atoms with Crippen LogP contribution in [0.2, 0.25) is 0 Å². The fourth-order valence-electron chi connectivity index (χ4n) is 2.95. The number of aromatic nitrogens is 1. The monoisotopic (exact) mass is 362 g/mol. The first-order valence-electron chi connectivity index (χ1n) is 7.60. The normalized spacial score (nSPS) is 16.1. The van der Waals surface area contributed by atoms with Gasteiger partial charge in [-0.05, 0) is 11.6 Å². The van der Waals surface area contributed by atoms with Gasteiger partial charge in [0, 0.05) is 24.4 Å². The number of carboxylic acid groups (broad SMARTS) is 2. The van der Waals surface area contributed by atoms with Crippen LogP contribution in [0.5, 0.6) is 0 Å². The second kappa shape index (κ2) is 6.99. The lowest BCUT2D eigenvalue weighted by Crippen LogP contribution is -3.10. The maximum Gasteiger partial charge on any atom is 0.394 e. The number of hydrogen-bond donors (Lipinski definition) is 4. The van der Waals surface area contributed by atoms with Crippen LogP contribution in [0.1, 0.15) is 26.4 Å². The summed E-state index contributed by atoms with van der Waals surface area (Å²) >= 11 is 1.14. The third-order valence-corrected chi connectivity index (χ3v) is 5.19. The molecule has 0 saturated carbocycles. The van der Waals surface area contributed by atoms with Gasteiger partial charge < -0.3 is 20.4 Å². The van der Waals surface area contributed by atoms with Crippen LogP contribution in [-0.2, 0) is 29.1 Å². The van der Waals surface area contributed by atoms with Gasteiger partial charge in [0.05, 0.1) is 17.0 Å². The van der Waals surface area contributed by atoms with E-state index in [0.717, 1.165) is 34.9 Å². The number of nitrogens with zero attached hydrogens (tertiary/aromatic N) is 1. The zero-order valence-electron chi connectivity index (χ0n) is 13.1. The van der Waals surface area contributed by atoms with Crippen molar-refractivity contribution in [1.29, 1.82) is 0 Å². The molecule has 1 unspecified atom stereocenters. The topological polar surface area (TPSA) is 121 Å². The van der Waals surface area contributed by atoms with E-state index < -0.39 is 17.8 Å². The first-order valence-corrected chi connectivity index (χ1v) is 8.42. The lowest BCUT2D eigenvalue weighted by atomic mass is 10.0.